The molecule has 1 saturated carbocycles. The molecule has 2 heterocycles. The number of likely N-dealkylation sites (tertiary alicyclic amines) is 1. The Morgan fingerprint density at radius 3 is 2.23 bits per heavy atom. The molecule has 0 bridgehead atoms. The minimum absolute atomic E-state index is 0.00811. The quantitative estimate of drug-likeness (QED) is 0.123. The van der Waals surface area contributed by atoms with Gasteiger partial charge in [-0.1, -0.05) is 65.3 Å². The van der Waals surface area contributed by atoms with Crippen LogP contribution in [0.2, 0.25) is 0 Å². The molecule has 0 spiro atoms. The number of amides is 6. The summed E-state index contributed by atoms with van der Waals surface area (Å²) in [5.74, 6) is -3.77. The topological polar surface area (TPSA) is 204 Å². The second-order valence-corrected chi connectivity index (χ2v) is 16.5. The van der Waals surface area contributed by atoms with E-state index in [9.17, 15) is 38.7 Å². The van der Waals surface area contributed by atoms with Crippen molar-refractivity contribution >= 4 is 41.4 Å². The summed E-state index contributed by atoms with van der Waals surface area (Å²) in [6.07, 6.45) is 1.81. The van der Waals surface area contributed by atoms with Crippen molar-refractivity contribution < 1.29 is 43.4 Å². The van der Waals surface area contributed by atoms with E-state index < -0.39 is 71.9 Å². The first-order valence-corrected chi connectivity index (χ1v) is 20.8. The lowest BCUT2D eigenvalue weighted by molar-refractivity contribution is -0.144. The van der Waals surface area contributed by atoms with Gasteiger partial charge < -0.3 is 40.9 Å². The van der Waals surface area contributed by atoms with E-state index in [1.54, 1.807) is 25.8 Å². The summed E-state index contributed by atoms with van der Waals surface area (Å²) >= 11 is 0. The smallest absolute Gasteiger partial charge is 0.410 e. The number of ether oxygens (including phenoxy) is 1. The van der Waals surface area contributed by atoms with Gasteiger partial charge in [0.25, 0.3) is 5.91 Å². The molecule has 6 amide bonds. The van der Waals surface area contributed by atoms with E-state index in [4.69, 9.17) is 4.74 Å². The van der Waals surface area contributed by atoms with Crippen LogP contribution in [0.15, 0.2) is 24.3 Å². The van der Waals surface area contributed by atoms with Crippen LogP contribution >= 0.6 is 0 Å². The van der Waals surface area contributed by atoms with E-state index in [1.807, 2.05) is 45.0 Å². The molecule has 1 aromatic carbocycles. The lowest BCUT2D eigenvalue weighted by Gasteiger charge is -2.33. The Kier molecular flexibility index (Phi) is 16.9. The molecule has 6 atom stereocenters. The van der Waals surface area contributed by atoms with Crippen LogP contribution in [-0.4, -0.2) is 113 Å². The molecule has 5 N–H and O–H groups in total. The zero-order valence-electron chi connectivity index (χ0n) is 34.5. The first-order chi connectivity index (χ1) is 27.1. The van der Waals surface area contributed by atoms with Crippen molar-refractivity contribution in [3.63, 3.8) is 0 Å². The van der Waals surface area contributed by atoms with Crippen LogP contribution in [0.4, 0.5) is 4.79 Å². The maximum atomic E-state index is 14.5. The van der Waals surface area contributed by atoms with Crippen LogP contribution in [0.3, 0.4) is 0 Å². The van der Waals surface area contributed by atoms with Gasteiger partial charge in [-0.3, -0.25) is 28.8 Å². The van der Waals surface area contributed by atoms with Crippen LogP contribution in [-0.2, 0) is 46.5 Å². The number of carbonyl (C=O) groups is 7. The summed E-state index contributed by atoms with van der Waals surface area (Å²) in [5, 5.41) is 22.0. The molecule has 1 aromatic rings. The molecular formula is C42H64N6O9. The van der Waals surface area contributed by atoms with Crippen LogP contribution < -0.4 is 21.3 Å². The fourth-order valence-corrected chi connectivity index (χ4v) is 7.50. The van der Waals surface area contributed by atoms with Crippen molar-refractivity contribution in [1.29, 1.82) is 0 Å². The average molecular weight is 797 g/mol. The van der Waals surface area contributed by atoms with Gasteiger partial charge in [0.2, 0.25) is 23.6 Å². The third-order valence-corrected chi connectivity index (χ3v) is 11.2. The Morgan fingerprint density at radius 1 is 0.912 bits per heavy atom. The highest BCUT2D eigenvalue weighted by atomic mass is 16.6. The standard InChI is InChI=1S/C42H64N6O9/c1-7-12-33(37(51)40(54)44-29-17-18-29)45-39(53)34-22-31(57-42(56)47-20-19-27-13-8-9-14-28(27)23-47)24-48(34)41(55)36(26(4)5)46-38(52)32(25(2)3)21-30(49)15-10-11-16-35(50)43-6/h8-9,13-14,25-26,29,31-34,36-37,51H,7,10-12,15-24H2,1-6H3,(H,43,50)(H,44,54)(H,45,53)(H,46,52)/t31?,32-,33?,34-,36?,37?/m0/s1. The molecule has 4 unspecified atom stereocenters. The number of fused-ring (bicyclic) bond motifs is 1. The Morgan fingerprint density at radius 2 is 1.60 bits per heavy atom. The van der Waals surface area contributed by atoms with E-state index in [2.05, 4.69) is 21.3 Å². The van der Waals surface area contributed by atoms with E-state index in [0.717, 1.165) is 24.0 Å². The summed E-state index contributed by atoms with van der Waals surface area (Å²) < 4.78 is 5.96. The number of hydrogen-bond donors (Lipinski definition) is 5. The number of carbonyl (C=O) groups excluding carboxylic acids is 7. The monoisotopic (exact) mass is 796 g/mol. The predicted octanol–water partition coefficient (Wildman–Crippen LogP) is 2.75. The van der Waals surface area contributed by atoms with Crippen molar-refractivity contribution in [1.82, 2.24) is 31.1 Å². The van der Waals surface area contributed by atoms with Crippen molar-refractivity contribution in [2.75, 3.05) is 20.1 Å². The Bertz CT molecular complexity index is 1600. The SMILES string of the molecule is CCCC(NC(=O)[C@@H]1CC(OC(=O)N2CCc3ccccc3C2)CN1C(=O)C(NC(=O)[C@@H](CC(=O)CCCCC(=O)NC)C(C)C)C(C)C)C(O)C(=O)NC1CC1. The highest BCUT2D eigenvalue weighted by Crippen LogP contribution is 2.27. The highest BCUT2D eigenvalue weighted by Gasteiger charge is 2.46. The Balaban J connectivity index is 1.50. The predicted molar refractivity (Wildman–Crippen MR) is 212 cm³/mol. The highest BCUT2D eigenvalue weighted by molar-refractivity contribution is 5.94. The number of nitrogens with zero attached hydrogens (tertiary/aromatic N) is 2. The van der Waals surface area contributed by atoms with E-state index in [1.165, 1.54) is 4.90 Å². The Labute approximate surface area is 336 Å². The molecule has 1 aliphatic carbocycles. The molecule has 0 radical (unpaired) electrons. The third-order valence-electron chi connectivity index (χ3n) is 11.2. The largest absolute Gasteiger partial charge is 0.444 e. The minimum Gasteiger partial charge on any atom is -0.444 e. The zero-order chi connectivity index (χ0) is 41.8. The molecule has 57 heavy (non-hydrogen) atoms. The van der Waals surface area contributed by atoms with Gasteiger partial charge in [0.15, 0.2) is 6.10 Å². The van der Waals surface area contributed by atoms with Gasteiger partial charge in [-0.2, -0.15) is 0 Å². The maximum Gasteiger partial charge on any atom is 0.410 e. The first-order valence-electron chi connectivity index (χ1n) is 20.8. The van der Waals surface area contributed by atoms with Gasteiger partial charge in [0.05, 0.1) is 12.6 Å². The number of Topliss-reactive ketones (excluding diaryl/α,β-unsaturated/α-hetero) is 1. The molecule has 2 fully saturated rings. The van der Waals surface area contributed by atoms with Crippen molar-refractivity contribution in [2.24, 2.45) is 17.8 Å². The number of aliphatic hydroxyl groups is 1. The third kappa shape index (κ3) is 13.0. The van der Waals surface area contributed by atoms with Gasteiger partial charge in [-0.05, 0) is 61.5 Å². The number of rotatable bonds is 20. The van der Waals surface area contributed by atoms with Crippen molar-refractivity contribution in [2.45, 2.75) is 148 Å². The minimum atomic E-state index is -1.51. The van der Waals surface area contributed by atoms with Gasteiger partial charge in [-0.25, -0.2) is 4.79 Å². The van der Waals surface area contributed by atoms with Crippen LogP contribution in [0, 0.1) is 17.8 Å². The lowest BCUT2D eigenvalue weighted by Crippen LogP contribution is -2.58. The summed E-state index contributed by atoms with van der Waals surface area (Å²) in [6, 6.07) is 4.74. The molecule has 3 aliphatic rings. The lowest BCUT2D eigenvalue weighted by atomic mass is 9.88. The van der Waals surface area contributed by atoms with Gasteiger partial charge in [0, 0.05) is 57.8 Å². The molecular weight excluding hydrogens is 732 g/mol. The summed E-state index contributed by atoms with van der Waals surface area (Å²) in [6.45, 7) is 9.78. The number of ketones is 1. The van der Waals surface area contributed by atoms with E-state index in [-0.39, 0.29) is 49.5 Å². The molecule has 1 saturated heterocycles. The van der Waals surface area contributed by atoms with Gasteiger partial charge in [0.1, 0.15) is 24.0 Å². The second kappa shape index (κ2) is 21.3. The molecule has 2 aliphatic heterocycles. The Hall–Kier alpha value is -4.53. The van der Waals surface area contributed by atoms with Crippen LogP contribution in [0.1, 0.15) is 110 Å². The second-order valence-electron chi connectivity index (χ2n) is 16.5. The fraction of sp³-hybridized carbons (Fsp3) is 0.690. The van der Waals surface area contributed by atoms with Crippen molar-refractivity contribution in [3.05, 3.63) is 35.4 Å². The normalized spacial score (nSPS) is 19.9. The fourth-order valence-electron chi connectivity index (χ4n) is 7.50. The maximum absolute atomic E-state index is 14.5. The summed E-state index contributed by atoms with van der Waals surface area (Å²) in [4.78, 5) is 96.2. The van der Waals surface area contributed by atoms with E-state index >= 15 is 0 Å². The van der Waals surface area contributed by atoms with Gasteiger partial charge in [-0.15, -0.1) is 0 Å². The molecule has 15 heteroatoms. The van der Waals surface area contributed by atoms with Crippen LogP contribution in [0.5, 0.6) is 0 Å². The summed E-state index contributed by atoms with van der Waals surface area (Å²) in [5.41, 5.74) is 2.18. The summed E-state index contributed by atoms with van der Waals surface area (Å²) in [7, 11) is 1.56. The number of nitrogens with one attached hydrogen (secondary N) is 4. The first kappa shape index (κ1) is 45.2. The molecule has 4 rings (SSSR count). The number of aliphatic hydroxyl groups excluding tert-OH is 1. The average Bonchev–Trinajstić information content (AvgIpc) is 3.90. The molecule has 15 nitrogen and oxygen atoms in total. The zero-order valence-corrected chi connectivity index (χ0v) is 34.5. The van der Waals surface area contributed by atoms with Crippen LogP contribution in [0.25, 0.3) is 0 Å². The van der Waals surface area contributed by atoms with Crippen molar-refractivity contribution in [3.8, 4) is 0 Å². The number of benzene rings is 1. The number of hydrogen-bond acceptors (Lipinski definition) is 9. The molecule has 0 aromatic heterocycles. The van der Waals surface area contributed by atoms with Gasteiger partial charge >= 0.3 is 6.09 Å². The number of unbranched alkanes of at least 4 members (excludes halogenated alkanes) is 1. The van der Waals surface area contributed by atoms with E-state index in [0.29, 0.717) is 51.6 Å². The molecule has 316 valence electrons.